The Bertz CT molecular complexity index is 1380. The van der Waals surface area contributed by atoms with Gasteiger partial charge in [0.15, 0.2) is 0 Å². The molecular formula is C36H39N3. The molecule has 4 aromatic rings. The number of benzene rings is 3. The average molecular weight is 514 g/mol. The lowest BCUT2D eigenvalue weighted by Crippen LogP contribution is -2.27. The molecule has 1 aliphatic rings. The Morgan fingerprint density at radius 1 is 0.795 bits per heavy atom. The SMILES string of the molecule is C=C(C1CCCCC1)N(Cc1ccc(-c2ccc(N(C)C)cc2)cc1)c1cccc(/C=C/c2cccnc2)c1. The van der Waals surface area contributed by atoms with Gasteiger partial charge in [0.2, 0.25) is 0 Å². The number of aromatic nitrogens is 1. The van der Waals surface area contributed by atoms with Crippen molar-refractivity contribution in [3.63, 3.8) is 0 Å². The van der Waals surface area contributed by atoms with Gasteiger partial charge in [-0.3, -0.25) is 4.98 Å². The van der Waals surface area contributed by atoms with Crippen molar-refractivity contribution in [3.05, 3.63) is 126 Å². The maximum atomic E-state index is 4.66. The lowest BCUT2D eigenvalue weighted by Gasteiger charge is -2.34. The minimum Gasteiger partial charge on any atom is -0.378 e. The smallest absolute Gasteiger partial charge is 0.0478 e. The number of hydrogen-bond acceptors (Lipinski definition) is 3. The van der Waals surface area contributed by atoms with E-state index in [2.05, 4.69) is 126 Å². The van der Waals surface area contributed by atoms with E-state index in [1.807, 2.05) is 12.3 Å². The van der Waals surface area contributed by atoms with Crippen LogP contribution in [0.15, 0.2) is 110 Å². The van der Waals surface area contributed by atoms with E-state index in [0.717, 1.165) is 12.1 Å². The molecule has 0 N–H and O–H groups in total. The molecule has 0 atom stereocenters. The van der Waals surface area contributed by atoms with Gasteiger partial charge in [-0.25, -0.2) is 0 Å². The van der Waals surface area contributed by atoms with Gasteiger partial charge < -0.3 is 9.80 Å². The van der Waals surface area contributed by atoms with Crippen LogP contribution in [0, 0.1) is 5.92 Å². The van der Waals surface area contributed by atoms with E-state index in [9.17, 15) is 0 Å². The fraction of sp³-hybridized carbons (Fsp3) is 0.250. The van der Waals surface area contributed by atoms with E-state index in [0.29, 0.717) is 5.92 Å². The summed E-state index contributed by atoms with van der Waals surface area (Å²) in [5.74, 6) is 0.544. The largest absolute Gasteiger partial charge is 0.378 e. The Balaban J connectivity index is 1.39. The van der Waals surface area contributed by atoms with Gasteiger partial charge >= 0.3 is 0 Å². The number of rotatable bonds is 9. The van der Waals surface area contributed by atoms with Gasteiger partial charge in [-0.15, -0.1) is 0 Å². The quantitative estimate of drug-likeness (QED) is 0.222. The Labute approximate surface area is 234 Å². The van der Waals surface area contributed by atoms with Crippen molar-refractivity contribution < 1.29 is 0 Å². The van der Waals surface area contributed by atoms with Crippen molar-refractivity contribution in [2.75, 3.05) is 23.9 Å². The second-order valence-corrected chi connectivity index (χ2v) is 10.8. The van der Waals surface area contributed by atoms with Crippen molar-refractivity contribution in [1.29, 1.82) is 0 Å². The highest BCUT2D eigenvalue weighted by molar-refractivity contribution is 5.72. The summed E-state index contributed by atoms with van der Waals surface area (Å²) in [5.41, 5.74) is 9.69. The normalized spacial score (nSPS) is 13.9. The predicted molar refractivity (Wildman–Crippen MR) is 168 cm³/mol. The molecule has 1 fully saturated rings. The summed E-state index contributed by atoms with van der Waals surface area (Å²) in [6.45, 7) is 5.47. The van der Waals surface area contributed by atoms with Crippen LogP contribution in [0.3, 0.4) is 0 Å². The zero-order valence-corrected chi connectivity index (χ0v) is 23.3. The summed E-state index contributed by atoms with van der Waals surface area (Å²) in [6.07, 6.45) is 14.4. The van der Waals surface area contributed by atoms with Gasteiger partial charge in [-0.2, -0.15) is 0 Å². The third-order valence-corrected chi connectivity index (χ3v) is 7.77. The molecule has 0 spiro atoms. The van der Waals surface area contributed by atoms with Crippen LogP contribution in [0.4, 0.5) is 11.4 Å². The predicted octanol–water partition coefficient (Wildman–Crippen LogP) is 9.09. The van der Waals surface area contributed by atoms with Crippen molar-refractivity contribution in [3.8, 4) is 11.1 Å². The molecule has 1 aromatic heterocycles. The third-order valence-electron chi connectivity index (χ3n) is 7.77. The van der Waals surface area contributed by atoms with E-state index >= 15 is 0 Å². The summed E-state index contributed by atoms with van der Waals surface area (Å²) < 4.78 is 0. The maximum absolute atomic E-state index is 4.66. The minimum absolute atomic E-state index is 0.544. The highest BCUT2D eigenvalue weighted by atomic mass is 15.1. The van der Waals surface area contributed by atoms with Crippen LogP contribution < -0.4 is 9.80 Å². The Morgan fingerprint density at radius 3 is 2.13 bits per heavy atom. The third kappa shape index (κ3) is 6.86. The molecule has 0 bridgehead atoms. The van der Waals surface area contributed by atoms with E-state index in [1.54, 1.807) is 6.20 Å². The van der Waals surface area contributed by atoms with Gasteiger partial charge in [0.25, 0.3) is 0 Å². The van der Waals surface area contributed by atoms with Gasteiger partial charge in [0.05, 0.1) is 0 Å². The molecule has 1 aliphatic carbocycles. The topological polar surface area (TPSA) is 19.4 Å². The number of nitrogens with zero attached hydrogens (tertiary/aromatic N) is 3. The first-order chi connectivity index (χ1) is 19.1. The molecule has 0 radical (unpaired) electrons. The first-order valence-electron chi connectivity index (χ1n) is 14.1. The summed E-state index contributed by atoms with van der Waals surface area (Å²) in [4.78, 5) is 8.80. The van der Waals surface area contributed by atoms with Gasteiger partial charge in [0, 0.05) is 50.1 Å². The molecule has 5 rings (SSSR count). The van der Waals surface area contributed by atoms with Crippen molar-refractivity contribution >= 4 is 23.5 Å². The standard InChI is InChI=1S/C36H39N3/c1-28(32-11-5-4-6-12-32)39(36-13-7-9-29(25-36)14-15-30-10-8-24-37-26-30)27-31-16-18-33(19-17-31)34-20-22-35(23-21-34)38(2)3/h7-10,13-26,32H,1,4-6,11-12,27H2,2-3H3/b15-14+. The Morgan fingerprint density at radius 2 is 1.46 bits per heavy atom. The van der Waals surface area contributed by atoms with Gasteiger partial charge in [0.1, 0.15) is 0 Å². The minimum atomic E-state index is 0.544. The summed E-state index contributed by atoms with van der Waals surface area (Å²) in [7, 11) is 4.15. The van der Waals surface area contributed by atoms with Gasteiger partial charge in [-0.05, 0) is 76.9 Å². The summed E-state index contributed by atoms with van der Waals surface area (Å²) in [6, 6.07) is 30.6. The second kappa shape index (κ2) is 12.6. The summed E-state index contributed by atoms with van der Waals surface area (Å²) >= 11 is 0. The van der Waals surface area contributed by atoms with Crippen LogP contribution >= 0.6 is 0 Å². The van der Waals surface area contributed by atoms with E-state index in [4.69, 9.17) is 0 Å². The molecule has 3 aromatic carbocycles. The highest BCUT2D eigenvalue weighted by Gasteiger charge is 2.22. The number of hydrogen-bond donors (Lipinski definition) is 0. The van der Waals surface area contributed by atoms with E-state index in [1.165, 1.54) is 71.4 Å². The Hall–Kier alpha value is -4.11. The maximum Gasteiger partial charge on any atom is 0.0478 e. The first-order valence-corrected chi connectivity index (χ1v) is 14.1. The summed E-state index contributed by atoms with van der Waals surface area (Å²) in [5, 5.41) is 0. The molecule has 0 saturated heterocycles. The van der Waals surface area contributed by atoms with Crippen LogP contribution in [0.25, 0.3) is 23.3 Å². The fourth-order valence-corrected chi connectivity index (χ4v) is 5.42. The zero-order valence-electron chi connectivity index (χ0n) is 23.3. The lowest BCUT2D eigenvalue weighted by atomic mass is 9.86. The van der Waals surface area contributed by atoms with Crippen LogP contribution in [-0.4, -0.2) is 19.1 Å². The fourth-order valence-electron chi connectivity index (χ4n) is 5.42. The van der Waals surface area contributed by atoms with Crippen LogP contribution in [0.1, 0.15) is 48.8 Å². The van der Waals surface area contributed by atoms with E-state index < -0.39 is 0 Å². The molecule has 0 aliphatic heterocycles. The number of anilines is 2. The Kier molecular flexibility index (Phi) is 8.58. The molecule has 3 heteroatoms. The molecule has 0 amide bonds. The molecule has 3 nitrogen and oxygen atoms in total. The first kappa shape index (κ1) is 26.5. The van der Waals surface area contributed by atoms with Crippen LogP contribution in [0.2, 0.25) is 0 Å². The molecule has 198 valence electrons. The number of allylic oxidation sites excluding steroid dienone is 1. The van der Waals surface area contributed by atoms with Crippen LogP contribution in [-0.2, 0) is 6.54 Å². The van der Waals surface area contributed by atoms with Crippen molar-refractivity contribution in [2.45, 2.75) is 38.6 Å². The second-order valence-electron chi connectivity index (χ2n) is 10.8. The number of pyridine rings is 1. The lowest BCUT2D eigenvalue weighted by molar-refractivity contribution is 0.396. The monoisotopic (exact) mass is 513 g/mol. The molecular weight excluding hydrogens is 474 g/mol. The molecule has 1 saturated carbocycles. The highest BCUT2D eigenvalue weighted by Crippen LogP contribution is 2.35. The van der Waals surface area contributed by atoms with Crippen molar-refractivity contribution in [2.24, 2.45) is 5.92 Å². The zero-order chi connectivity index (χ0) is 27.0. The molecule has 0 unspecified atom stereocenters. The van der Waals surface area contributed by atoms with Crippen LogP contribution in [0.5, 0.6) is 0 Å². The molecule has 1 heterocycles. The molecule has 39 heavy (non-hydrogen) atoms. The van der Waals surface area contributed by atoms with E-state index in [-0.39, 0.29) is 0 Å². The van der Waals surface area contributed by atoms with Gasteiger partial charge in [-0.1, -0.05) is 92.6 Å². The average Bonchev–Trinajstić information content (AvgIpc) is 3.00. The van der Waals surface area contributed by atoms with Crippen molar-refractivity contribution in [1.82, 2.24) is 4.98 Å².